The molecule has 0 radical (unpaired) electrons. The van der Waals surface area contributed by atoms with Gasteiger partial charge in [0.15, 0.2) is 0 Å². The summed E-state index contributed by atoms with van der Waals surface area (Å²) in [5.74, 6) is -0.406. The molecule has 0 saturated heterocycles. The zero-order valence-electron chi connectivity index (χ0n) is 8.15. The number of hydrogen-bond acceptors (Lipinski definition) is 3. The summed E-state index contributed by atoms with van der Waals surface area (Å²) in [5.41, 5.74) is 5.80. The van der Waals surface area contributed by atoms with E-state index in [-0.39, 0.29) is 5.69 Å². The van der Waals surface area contributed by atoms with E-state index < -0.39 is 5.82 Å². The van der Waals surface area contributed by atoms with Crippen LogP contribution < -0.4 is 5.73 Å². The zero-order valence-corrected chi connectivity index (χ0v) is 10.6. The van der Waals surface area contributed by atoms with Crippen molar-refractivity contribution in [1.29, 1.82) is 0 Å². The Bertz CT molecular complexity index is 519. The van der Waals surface area contributed by atoms with Crippen LogP contribution in [-0.4, -0.2) is 4.98 Å². The lowest BCUT2D eigenvalue weighted by Gasteiger charge is -2.06. The predicted molar refractivity (Wildman–Crippen MR) is 66.9 cm³/mol. The lowest BCUT2D eigenvalue weighted by molar-refractivity contribution is 0.629. The third kappa shape index (κ3) is 2.36. The maximum Gasteiger partial charge on any atom is 0.147 e. The number of nitrogens with zero attached hydrogens (tertiary/aromatic N) is 1. The maximum atomic E-state index is 13.2. The van der Waals surface area contributed by atoms with Crippen LogP contribution >= 0.6 is 27.7 Å². The van der Waals surface area contributed by atoms with Crippen molar-refractivity contribution in [2.45, 2.75) is 9.92 Å². The van der Waals surface area contributed by atoms with Crippen LogP contribution in [0.4, 0.5) is 10.1 Å². The third-order valence-corrected chi connectivity index (χ3v) is 3.94. The number of halogens is 2. The minimum atomic E-state index is -0.406. The zero-order chi connectivity index (χ0) is 11.5. The number of benzene rings is 1. The molecular formula is C11H8BrFN2S. The fourth-order valence-electron chi connectivity index (χ4n) is 1.16. The second-order valence-electron chi connectivity index (χ2n) is 3.04. The van der Waals surface area contributed by atoms with E-state index in [1.165, 1.54) is 17.8 Å². The van der Waals surface area contributed by atoms with E-state index >= 15 is 0 Å². The molecule has 0 bridgehead atoms. The molecule has 0 spiro atoms. The Balaban J connectivity index is 2.35. The molecule has 0 atom stereocenters. The van der Waals surface area contributed by atoms with E-state index in [2.05, 4.69) is 20.9 Å². The fraction of sp³-hybridized carbons (Fsp3) is 0. The number of nitrogen functional groups attached to an aromatic ring is 1. The molecule has 1 aromatic heterocycles. The molecule has 0 saturated carbocycles. The third-order valence-electron chi connectivity index (χ3n) is 1.94. The molecule has 0 aliphatic heterocycles. The Kier molecular flexibility index (Phi) is 3.46. The summed E-state index contributed by atoms with van der Waals surface area (Å²) in [6.07, 6.45) is 1.68. The van der Waals surface area contributed by atoms with Crippen LogP contribution in [0.25, 0.3) is 0 Å². The highest BCUT2D eigenvalue weighted by Crippen LogP contribution is 2.35. The van der Waals surface area contributed by atoms with E-state index in [4.69, 9.17) is 5.73 Å². The van der Waals surface area contributed by atoms with Gasteiger partial charge in [0.05, 0.1) is 10.2 Å². The Morgan fingerprint density at radius 3 is 2.81 bits per heavy atom. The Hall–Kier alpha value is -1.07. The van der Waals surface area contributed by atoms with E-state index in [9.17, 15) is 4.39 Å². The number of nitrogens with two attached hydrogens (primary N) is 1. The number of aromatic nitrogens is 1. The van der Waals surface area contributed by atoms with Crippen molar-refractivity contribution in [3.05, 3.63) is 46.8 Å². The quantitative estimate of drug-likeness (QED) is 0.859. The number of pyridine rings is 1. The van der Waals surface area contributed by atoms with Gasteiger partial charge in [0, 0.05) is 11.1 Å². The van der Waals surface area contributed by atoms with Crippen LogP contribution in [0, 0.1) is 5.82 Å². The monoisotopic (exact) mass is 298 g/mol. The first-order valence-corrected chi connectivity index (χ1v) is 6.12. The summed E-state index contributed by atoms with van der Waals surface area (Å²) < 4.78 is 14.1. The summed E-state index contributed by atoms with van der Waals surface area (Å²) in [6, 6.07) is 8.44. The highest BCUT2D eigenvalue weighted by atomic mass is 79.9. The number of hydrogen-bond donors (Lipinski definition) is 1. The highest BCUT2D eigenvalue weighted by Gasteiger charge is 2.08. The lowest BCUT2D eigenvalue weighted by atomic mass is 10.3. The summed E-state index contributed by atoms with van der Waals surface area (Å²) in [7, 11) is 0. The molecule has 0 unspecified atom stereocenters. The van der Waals surface area contributed by atoms with Crippen LogP contribution in [0.1, 0.15) is 0 Å². The van der Waals surface area contributed by atoms with E-state index in [1.807, 2.05) is 12.1 Å². The number of para-hydroxylation sites is 1. The predicted octanol–water partition coefficient (Wildman–Crippen LogP) is 3.72. The van der Waals surface area contributed by atoms with Crippen LogP contribution in [0.2, 0.25) is 0 Å². The molecule has 2 aromatic rings. The second-order valence-corrected chi connectivity index (χ2v) is 4.93. The van der Waals surface area contributed by atoms with Gasteiger partial charge in [-0.05, 0) is 40.2 Å². The first-order chi connectivity index (χ1) is 7.68. The van der Waals surface area contributed by atoms with Crippen molar-refractivity contribution in [1.82, 2.24) is 4.98 Å². The molecule has 16 heavy (non-hydrogen) atoms. The molecule has 2 nitrogen and oxygen atoms in total. The highest BCUT2D eigenvalue weighted by molar-refractivity contribution is 9.10. The summed E-state index contributed by atoms with van der Waals surface area (Å²) in [6.45, 7) is 0. The van der Waals surface area contributed by atoms with Crippen LogP contribution in [0.3, 0.4) is 0 Å². The van der Waals surface area contributed by atoms with Crippen molar-refractivity contribution >= 4 is 33.4 Å². The lowest BCUT2D eigenvalue weighted by Crippen LogP contribution is -1.93. The number of rotatable bonds is 2. The Labute approximate surface area is 105 Å². The van der Waals surface area contributed by atoms with Crippen molar-refractivity contribution in [3.8, 4) is 0 Å². The average molecular weight is 299 g/mol. The summed E-state index contributed by atoms with van der Waals surface area (Å²) in [4.78, 5) is 4.85. The first-order valence-electron chi connectivity index (χ1n) is 4.51. The van der Waals surface area contributed by atoms with Gasteiger partial charge in [-0.15, -0.1) is 0 Å². The van der Waals surface area contributed by atoms with Crippen molar-refractivity contribution in [2.75, 3.05) is 5.73 Å². The van der Waals surface area contributed by atoms with Gasteiger partial charge in [-0.1, -0.05) is 17.8 Å². The molecule has 1 aromatic carbocycles. The molecule has 82 valence electrons. The maximum absolute atomic E-state index is 13.2. The van der Waals surface area contributed by atoms with E-state index in [0.29, 0.717) is 4.90 Å². The standard InChI is InChI=1S/C11H8BrFN2S/c12-7-3-2-6-15-11(7)16-9-5-1-4-8(13)10(9)14/h1-6H,14H2. The molecule has 0 fully saturated rings. The second kappa shape index (κ2) is 4.84. The fourth-order valence-corrected chi connectivity index (χ4v) is 2.50. The van der Waals surface area contributed by atoms with Gasteiger partial charge in [0.25, 0.3) is 0 Å². The largest absolute Gasteiger partial charge is 0.395 e. The summed E-state index contributed by atoms with van der Waals surface area (Å²) >= 11 is 4.71. The van der Waals surface area contributed by atoms with E-state index in [0.717, 1.165) is 9.50 Å². The topological polar surface area (TPSA) is 38.9 Å². The smallest absolute Gasteiger partial charge is 0.147 e. The molecular weight excluding hydrogens is 291 g/mol. The van der Waals surface area contributed by atoms with Crippen LogP contribution in [0.5, 0.6) is 0 Å². The normalized spacial score (nSPS) is 10.4. The molecule has 2 N–H and O–H groups in total. The van der Waals surface area contributed by atoms with Crippen molar-refractivity contribution in [3.63, 3.8) is 0 Å². The molecule has 5 heteroatoms. The van der Waals surface area contributed by atoms with Crippen molar-refractivity contribution in [2.24, 2.45) is 0 Å². The molecule has 2 rings (SSSR count). The first kappa shape index (κ1) is 11.4. The molecule has 0 amide bonds. The SMILES string of the molecule is Nc1c(F)cccc1Sc1ncccc1Br. The van der Waals surface area contributed by atoms with Gasteiger partial charge in [-0.2, -0.15) is 0 Å². The van der Waals surface area contributed by atoms with Crippen LogP contribution in [-0.2, 0) is 0 Å². The van der Waals surface area contributed by atoms with E-state index in [1.54, 1.807) is 18.3 Å². The Morgan fingerprint density at radius 2 is 2.06 bits per heavy atom. The van der Waals surface area contributed by atoms with Gasteiger partial charge < -0.3 is 5.73 Å². The van der Waals surface area contributed by atoms with Gasteiger partial charge in [0.2, 0.25) is 0 Å². The average Bonchev–Trinajstić information content (AvgIpc) is 2.28. The van der Waals surface area contributed by atoms with Crippen molar-refractivity contribution < 1.29 is 4.39 Å². The molecule has 0 aliphatic carbocycles. The minimum Gasteiger partial charge on any atom is -0.395 e. The van der Waals surface area contributed by atoms with Gasteiger partial charge in [-0.25, -0.2) is 9.37 Å². The number of anilines is 1. The minimum absolute atomic E-state index is 0.157. The van der Waals surface area contributed by atoms with Gasteiger partial charge in [-0.3, -0.25) is 0 Å². The summed E-state index contributed by atoms with van der Waals surface area (Å²) in [5, 5.41) is 0.764. The van der Waals surface area contributed by atoms with Gasteiger partial charge >= 0.3 is 0 Å². The molecule has 0 aliphatic rings. The van der Waals surface area contributed by atoms with Crippen LogP contribution in [0.15, 0.2) is 50.9 Å². The molecule has 1 heterocycles. The van der Waals surface area contributed by atoms with Gasteiger partial charge in [0.1, 0.15) is 10.8 Å². The Morgan fingerprint density at radius 1 is 1.25 bits per heavy atom.